The molecule has 2 rings (SSSR count). The molecular weight excluding hydrogens is 267 g/mol. The minimum Gasteiger partial charge on any atom is -0.489 e. The van der Waals surface area contributed by atoms with Crippen molar-refractivity contribution in [3.63, 3.8) is 0 Å². The maximum Gasteiger partial charge on any atom is 0.124 e. The quantitative estimate of drug-likeness (QED) is 0.873. The average Bonchev–Trinajstić information content (AvgIpc) is 2.50. The number of aryl methyl sites for hydroxylation is 1. The molecular formula is C18H17FO2. The molecule has 0 aliphatic carbocycles. The number of ether oxygens (including phenoxy) is 1. The van der Waals surface area contributed by atoms with Gasteiger partial charge in [0.05, 0.1) is 0 Å². The average molecular weight is 284 g/mol. The van der Waals surface area contributed by atoms with Crippen LogP contribution in [0.5, 0.6) is 5.75 Å². The van der Waals surface area contributed by atoms with Gasteiger partial charge in [-0.05, 0) is 41.8 Å². The van der Waals surface area contributed by atoms with Crippen molar-refractivity contribution >= 4 is 0 Å². The molecule has 0 heterocycles. The first kappa shape index (κ1) is 15.1. The monoisotopic (exact) mass is 284 g/mol. The molecule has 0 aliphatic heterocycles. The van der Waals surface area contributed by atoms with Crippen molar-refractivity contribution in [1.82, 2.24) is 0 Å². The van der Waals surface area contributed by atoms with Crippen LogP contribution in [0.15, 0.2) is 42.5 Å². The fraction of sp³-hybridized carbons (Fsp3) is 0.222. The number of aliphatic hydroxyl groups excluding tert-OH is 1. The molecule has 108 valence electrons. The highest BCUT2D eigenvalue weighted by Gasteiger charge is 2.03. The Morgan fingerprint density at radius 1 is 1.19 bits per heavy atom. The van der Waals surface area contributed by atoms with Gasteiger partial charge in [-0.3, -0.25) is 0 Å². The molecule has 0 atom stereocenters. The van der Waals surface area contributed by atoms with Gasteiger partial charge in [-0.1, -0.05) is 37.0 Å². The summed E-state index contributed by atoms with van der Waals surface area (Å²) < 4.78 is 19.3. The molecule has 3 heteroatoms. The Kier molecular flexibility index (Phi) is 5.36. The van der Waals surface area contributed by atoms with Crippen LogP contribution in [0.3, 0.4) is 0 Å². The summed E-state index contributed by atoms with van der Waals surface area (Å²) in [4.78, 5) is 0. The number of aliphatic hydroxyl groups is 1. The van der Waals surface area contributed by atoms with Gasteiger partial charge in [0.2, 0.25) is 0 Å². The molecule has 0 saturated carbocycles. The van der Waals surface area contributed by atoms with E-state index >= 15 is 0 Å². The molecule has 0 fully saturated rings. The molecule has 0 spiro atoms. The van der Waals surface area contributed by atoms with Crippen LogP contribution in [-0.2, 0) is 13.0 Å². The Labute approximate surface area is 124 Å². The SMILES string of the molecule is CCc1ccccc1OCc1cc(F)cc(C#CCO)c1. The fourth-order valence-corrected chi connectivity index (χ4v) is 2.05. The minimum absolute atomic E-state index is 0.244. The number of hydrogen-bond donors (Lipinski definition) is 1. The van der Waals surface area contributed by atoms with Crippen LogP contribution in [-0.4, -0.2) is 11.7 Å². The van der Waals surface area contributed by atoms with Crippen molar-refractivity contribution < 1.29 is 14.2 Å². The van der Waals surface area contributed by atoms with E-state index in [-0.39, 0.29) is 19.0 Å². The number of rotatable bonds is 4. The van der Waals surface area contributed by atoms with E-state index in [0.717, 1.165) is 17.7 Å². The van der Waals surface area contributed by atoms with E-state index in [0.29, 0.717) is 11.1 Å². The highest BCUT2D eigenvalue weighted by Crippen LogP contribution is 2.20. The molecule has 2 aromatic rings. The maximum atomic E-state index is 13.5. The van der Waals surface area contributed by atoms with Gasteiger partial charge in [0.25, 0.3) is 0 Å². The summed E-state index contributed by atoms with van der Waals surface area (Å²) >= 11 is 0. The van der Waals surface area contributed by atoms with Crippen molar-refractivity contribution in [2.45, 2.75) is 20.0 Å². The summed E-state index contributed by atoms with van der Waals surface area (Å²) in [5.41, 5.74) is 2.36. The first-order chi connectivity index (χ1) is 10.2. The Morgan fingerprint density at radius 2 is 2.00 bits per heavy atom. The predicted octanol–water partition coefficient (Wildman–Crippen LogP) is 3.31. The van der Waals surface area contributed by atoms with E-state index in [2.05, 4.69) is 18.8 Å². The zero-order valence-electron chi connectivity index (χ0n) is 11.9. The Morgan fingerprint density at radius 3 is 2.76 bits per heavy atom. The Hall–Kier alpha value is -2.31. The third kappa shape index (κ3) is 4.34. The molecule has 0 aliphatic rings. The normalized spacial score (nSPS) is 9.86. The minimum atomic E-state index is -0.359. The van der Waals surface area contributed by atoms with Gasteiger partial charge in [-0.2, -0.15) is 0 Å². The van der Waals surface area contributed by atoms with Crippen LogP contribution in [0.25, 0.3) is 0 Å². The third-order valence-corrected chi connectivity index (χ3v) is 3.02. The maximum absolute atomic E-state index is 13.5. The predicted molar refractivity (Wildman–Crippen MR) is 80.5 cm³/mol. The summed E-state index contributed by atoms with van der Waals surface area (Å²) in [6, 6.07) is 12.3. The highest BCUT2D eigenvalue weighted by molar-refractivity contribution is 5.38. The molecule has 0 aromatic heterocycles. The fourth-order valence-electron chi connectivity index (χ4n) is 2.05. The van der Waals surface area contributed by atoms with Gasteiger partial charge in [0.15, 0.2) is 0 Å². The summed E-state index contributed by atoms with van der Waals surface area (Å²) in [6.07, 6.45) is 0.881. The van der Waals surface area contributed by atoms with Crippen LogP contribution >= 0.6 is 0 Å². The molecule has 0 unspecified atom stereocenters. The Balaban J connectivity index is 2.14. The van der Waals surface area contributed by atoms with E-state index in [9.17, 15) is 4.39 Å². The lowest BCUT2D eigenvalue weighted by Crippen LogP contribution is -1.99. The zero-order valence-corrected chi connectivity index (χ0v) is 11.9. The van der Waals surface area contributed by atoms with Gasteiger partial charge in [-0.15, -0.1) is 0 Å². The van der Waals surface area contributed by atoms with Crippen LogP contribution in [0.4, 0.5) is 4.39 Å². The standard InChI is InChI=1S/C18H17FO2/c1-2-16-7-3-4-8-18(16)21-13-15-10-14(6-5-9-20)11-17(19)12-15/h3-4,7-8,10-12,20H,2,9,13H2,1H3. The molecule has 0 radical (unpaired) electrons. The second kappa shape index (κ2) is 7.47. The number of para-hydroxylation sites is 1. The van der Waals surface area contributed by atoms with Gasteiger partial charge in [0, 0.05) is 5.56 Å². The second-order valence-electron chi connectivity index (χ2n) is 4.56. The molecule has 0 saturated heterocycles. The topological polar surface area (TPSA) is 29.5 Å². The zero-order chi connectivity index (χ0) is 15.1. The Bertz CT molecular complexity index is 668. The largest absolute Gasteiger partial charge is 0.489 e. The van der Waals surface area contributed by atoms with Crippen molar-refractivity contribution in [1.29, 1.82) is 0 Å². The number of benzene rings is 2. The number of halogens is 1. The van der Waals surface area contributed by atoms with Gasteiger partial charge in [0.1, 0.15) is 24.8 Å². The molecule has 2 aromatic carbocycles. The van der Waals surface area contributed by atoms with E-state index in [1.807, 2.05) is 24.3 Å². The summed E-state index contributed by atoms with van der Waals surface area (Å²) in [5, 5.41) is 8.68. The molecule has 21 heavy (non-hydrogen) atoms. The van der Waals surface area contributed by atoms with E-state index in [1.54, 1.807) is 6.07 Å². The van der Waals surface area contributed by atoms with Crippen LogP contribution in [0, 0.1) is 17.7 Å². The first-order valence-electron chi connectivity index (χ1n) is 6.83. The molecule has 0 amide bonds. The van der Waals surface area contributed by atoms with Crippen molar-refractivity contribution in [2.24, 2.45) is 0 Å². The van der Waals surface area contributed by atoms with E-state index < -0.39 is 0 Å². The van der Waals surface area contributed by atoms with Gasteiger partial charge < -0.3 is 9.84 Å². The lowest BCUT2D eigenvalue weighted by atomic mass is 10.1. The van der Waals surface area contributed by atoms with Gasteiger partial charge in [-0.25, -0.2) is 4.39 Å². The molecule has 0 bridgehead atoms. The van der Waals surface area contributed by atoms with Gasteiger partial charge >= 0.3 is 0 Å². The van der Waals surface area contributed by atoms with Crippen molar-refractivity contribution in [3.8, 4) is 17.6 Å². The van der Waals surface area contributed by atoms with Crippen LogP contribution in [0.2, 0.25) is 0 Å². The smallest absolute Gasteiger partial charge is 0.124 e. The second-order valence-corrected chi connectivity index (χ2v) is 4.56. The summed E-state index contributed by atoms with van der Waals surface area (Å²) in [5.74, 6) is 5.66. The summed E-state index contributed by atoms with van der Waals surface area (Å²) in [7, 11) is 0. The third-order valence-electron chi connectivity index (χ3n) is 3.02. The summed E-state index contributed by atoms with van der Waals surface area (Å²) in [6.45, 7) is 2.10. The van der Waals surface area contributed by atoms with E-state index in [1.165, 1.54) is 12.1 Å². The lowest BCUT2D eigenvalue weighted by Gasteiger charge is -2.10. The molecule has 2 nitrogen and oxygen atoms in total. The lowest BCUT2D eigenvalue weighted by molar-refractivity contribution is 0.302. The van der Waals surface area contributed by atoms with E-state index in [4.69, 9.17) is 9.84 Å². The number of hydrogen-bond acceptors (Lipinski definition) is 2. The first-order valence-corrected chi connectivity index (χ1v) is 6.83. The van der Waals surface area contributed by atoms with Crippen LogP contribution < -0.4 is 4.74 Å². The van der Waals surface area contributed by atoms with Crippen molar-refractivity contribution in [2.75, 3.05) is 6.61 Å². The highest BCUT2D eigenvalue weighted by atomic mass is 19.1. The molecule has 1 N–H and O–H groups in total. The van der Waals surface area contributed by atoms with Crippen LogP contribution in [0.1, 0.15) is 23.6 Å². The van der Waals surface area contributed by atoms with Crippen molar-refractivity contribution in [3.05, 3.63) is 65.0 Å².